The molecule has 1 aromatic rings. The van der Waals surface area contributed by atoms with E-state index < -0.39 is 0 Å². The molecule has 3 nitrogen and oxygen atoms in total. The summed E-state index contributed by atoms with van der Waals surface area (Å²) >= 11 is 0. The Hall–Kier alpha value is -1.09. The van der Waals surface area contributed by atoms with Gasteiger partial charge in [0.05, 0.1) is 0 Å². The minimum atomic E-state index is 0.591. The zero-order chi connectivity index (χ0) is 13.9. The van der Waals surface area contributed by atoms with E-state index in [0.717, 1.165) is 12.0 Å². The molecule has 0 unspecified atom stereocenters. The Morgan fingerprint density at radius 1 is 1.15 bits per heavy atom. The van der Waals surface area contributed by atoms with Gasteiger partial charge >= 0.3 is 0 Å². The summed E-state index contributed by atoms with van der Waals surface area (Å²) in [6, 6.07) is 6.04. The van der Waals surface area contributed by atoms with E-state index in [0.29, 0.717) is 12.0 Å². The van der Waals surface area contributed by atoms with Crippen LogP contribution in [0.25, 0.3) is 0 Å². The van der Waals surface area contributed by atoms with E-state index in [-0.39, 0.29) is 0 Å². The highest BCUT2D eigenvalue weighted by atomic mass is 15.4. The number of hydrogen-bond acceptors (Lipinski definition) is 3. The maximum atomic E-state index is 5.09. The van der Waals surface area contributed by atoms with Crippen molar-refractivity contribution in [2.24, 2.45) is 0 Å². The molecule has 4 rings (SSSR count). The monoisotopic (exact) mass is 271 g/mol. The lowest BCUT2D eigenvalue weighted by Gasteiger charge is -2.33. The number of likely N-dealkylation sites (tertiary alicyclic amines) is 1. The molecule has 2 atom stereocenters. The molecule has 2 bridgehead atoms. The van der Waals surface area contributed by atoms with Gasteiger partial charge in [0.1, 0.15) is 5.82 Å². The highest BCUT2D eigenvalue weighted by Crippen LogP contribution is 2.43. The van der Waals surface area contributed by atoms with E-state index in [1.165, 1.54) is 49.4 Å². The number of rotatable bonds is 3. The molecule has 1 saturated carbocycles. The second kappa shape index (κ2) is 4.45. The highest BCUT2D eigenvalue weighted by molar-refractivity contribution is 5.47. The smallest absolute Gasteiger partial charge is 0.129 e. The minimum Gasteiger partial charge on any atom is -0.351 e. The maximum Gasteiger partial charge on any atom is 0.129 e. The fourth-order valence-electron chi connectivity index (χ4n) is 3.95. The zero-order valence-corrected chi connectivity index (χ0v) is 12.8. The van der Waals surface area contributed by atoms with E-state index in [1.54, 1.807) is 0 Å². The molecule has 3 fully saturated rings. The Morgan fingerprint density at radius 2 is 1.95 bits per heavy atom. The van der Waals surface area contributed by atoms with Crippen LogP contribution in [0.1, 0.15) is 56.2 Å². The Bertz CT molecular complexity index is 519. The summed E-state index contributed by atoms with van der Waals surface area (Å²) in [6.45, 7) is 6.95. The molecule has 0 N–H and O–H groups in total. The molecule has 0 spiro atoms. The van der Waals surface area contributed by atoms with E-state index >= 15 is 0 Å². The summed E-state index contributed by atoms with van der Waals surface area (Å²) in [5.41, 5.74) is 2.87. The zero-order valence-electron chi connectivity index (χ0n) is 12.8. The number of fused-ring (bicyclic) bond motifs is 2. The van der Waals surface area contributed by atoms with Crippen molar-refractivity contribution in [3.05, 3.63) is 23.4 Å². The van der Waals surface area contributed by atoms with Crippen LogP contribution >= 0.6 is 0 Å². The molecule has 3 heteroatoms. The van der Waals surface area contributed by atoms with Gasteiger partial charge in [0.25, 0.3) is 0 Å². The maximum absolute atomic E-state index is 5.09. The second-order valence-electron chi connectivity index (χ2n) is 7.21. The molecule has 3 heterocycles. The van der Waals surface area contributed by atoms with Gasteiger partial charge in [0.2, 0.25) is 0 Å². The van der Waals surface area contributed by atoms with Crippen molar-refractivity contribution >= 4 is 5.82 Å². The minimum absolute atomic E-state index is 0.591. The Kier molecular flexibility index (Phi) is 2.81. The van der Waals surface area contributed by atoms with E-state index in [2.05, 4.69) is 42.8 Å². The third-order valence-electron chi connectivity index (χ3n) is 5.34. The first-order chi connectivity index (χ1) is 9.63. The van der Waals surface area contributed by atoms with E-state index in [9.17, 15) is 0 Å². The van der Waals surface area contributed by atoms with Crippen LogP contribution in [0.15, 0.2) is 12.1 Å². The summed E-state index contributed by atoms with van der Waals surface area (Å²) in [4.78, 5) is 10.2. The van der Waals surface area contributed by atoms with Crippen LogP contribution in [-0.4, -0.2) is 42.1 Å². The molecule has 1 aliphatic carbocycles. The summed E-state index contributed by atoms with van der Waals surface area (Å²) < 4.78 is 0. The van der Waals surface area contributed by atoms with Crippen molar-refractivity contribution in [1.29, 1.82) is 0 Å². The van der Waals surface area contributed by atoms with E-state index in [4.69, 9.17) is 4.98 Å². The van der Waals surface area contributed by atoms with Gasteiger partial charge in [0, 0.05) is 36.8 Å². The number of pyridine rings is 1. The molecule has 1 aromatic heterocycles. The Labute approximate surface area is 122 Å². The number of piperazine rings is 1. The van der Waals surface area contributed by atoms with Crippen LogP contribution in [0.5, 0.6) is 0 Å². The van der Waals surface area contributed by atoms with Gasteiger partial charge in [-0.1, -0.05) is 19.9 Å². The molecular weight excluding hydrogens is 246 g/mol. The Morgan fingerprint density at radius 3 is 2.50 bits per heavy atom. The summed E-state index contributed by atoms with van der Waals surface area (Å²) in [6.07, 6.45) is 4.00. The van der Waals surface area contributed by atoms with Gasteiger partial charge in [-0.15, -0.1) is 0 Å². The molecule has 108 valence electrons. The molecule has 2 aliphatic heterocycles. The summed E-state index contributed by atoms with van der Waals surface area (Å²) in [5.74, 6) is 2.57. The summed E-state index contributed by atoms with van der Waals surface area (Å²) in [5, 5.41) is 0. The van der Waals surface area contributed by atoms with Gasteiger partial charge < -0.3 is 4.90 Å². The fourth-order valence-corrected chi connectivity index (χ4v) is 3.95. The van der Waals surface area contributed by atoms with Crippen LogP contribution in [0.4, 0.5) is 5.82 Å². The number of aromatic nitrogens is 1. The standard InChI is InChI=1S/C17H25N3/c1-11(2)15-6-7-16(18-17(15)12-4-5-12)20-10-13-8-14(20)9-19(13)3/h6-7,11-14H,4-5,8-10H2,1-3H3/t13-,14-/m1/s1. The van der Waals surface area contributed by atoms with Crippen LogP contribution < -0.4 is 4.90 Å². The average molecular weight is 271 g/mol. The molecule has 0 radical (unpaired) electrons. The number of anilines is 1. The molecular formula is C17H25N3. The van der Waals surface area contributed by atoms with Crippen molar-refractivity contribution in [2.75, 3.05) is 25.0 Å². The second-order valence-corrected chi connectivity index (χ2v) is 7.21. The van der Waals surface area contributed by atoms with Crippen LogP contribution in [-0.2, 0) is 0 Å². The predicted molar refractivity (Wildman–Crippen MR) is 82.5 cm³/mol. The van der Waals surface area contributed by atoms with Crippen LogP contribution in [0, 0.1) is 0 Å². The lowest BCUT2D eigenvalue weighted by atomic mass is 9.99. The first kappa shape index (κ1) is 12.6. The fraction of sp³-hybridized carbons (Fsp3) is 0.706. The third kappa shape index (κ3) is 1.95. The van der Waals surface area contributed by atoms with Crippen molar-refractivity contribution in [3.8, 4) is 0 Å². The van der Waals surface area contributed by atoms with Gasteiger partial charge in [-0.2, -0.15) is 0 Å². The molecule has 3 aliphatic rings. The third-order valence-corrected chi connectivity index (χ3v) is 5.34. The number of likely N-dealkylation sites (N-methyl/N-ethyl adjacent to an activating group) is 1. The number of hydrogen-bond donors (Lipinski definition) is 0. The van der Waals surface area contributed by atoms with Crippen molar-refractivity contribution in [1.82, 2.24) is 9.88 Å². The first-order valence-electron chi connectivity index (χ1n) is 8.11. The van der Waals surface area contributed by atoms with Gasteiger partial charge in [-0.25, -0.2) is 4.98 Å². The Balaban J connectivity index is 1.65. The highest BCUT2D eigenvalue weighted by Gasteiger charge is 2.42. The van der Waals surface area contributed by atoms with Gasteiger partial charge in [-0.3, -0.25) is 4.90 Å². The quantitative estimate of drug-likeness (QED) is 0.842. The van der Waals surface area contributed by atoms with Gasteiger partial charge in [-0.05, 0) is 43.9 Å². The van der Waals surface area contributed by atoms with Crippen molar-refractivity contribution in [3.63, 3.8) is 0 Å². The lowest BCUT2D eigenvalue weighted by molar-refractivity contribution is 0.292. The summed E-state index contributed by atoms with van der Waals surface area (Å²) in [7, 11) is 2.26. The molecule has 20 heavy (non-hydrogen) atoms. The first-order valence-corrected chi connectivity index (χ1v) is 8.11. The van der Waals surface area contributed by atoms with Crippen LogP contribution in [0.3, 0.4) is 0 Å². The predicted octanol–water partition coefficient (Wildman–Crippen LogP) is 2.98. The number of nitrogens with zero attached hydrogens (tertiary/aromatic N) is 3. The topological polar surface area (TPSA) is 19.4 Å². The van der Waals surface area contributed by atoms with Crippen LogP contribution in [0.2, 0.25) is 0 Å². The van der Waals surface area contributed by atoms with E-state index in [1.807, 2.05) is 0 Å². The normalized spacial score (nSPS) is 29.7. The van der Waals surface area contributed by atoms with Crippen molar-refractivity contribution in [2.45, 2.75) is 57.0 Å². The molecule has 0 amide bonds. The SMILES string of the molecule is CC(C)c1ccc(N2C[C@H]3C[C@@H]2CN3C)nc1C1CC1. The average Bonchev–Trinajstić information content (AvgIpc) is 3.11. The largest absolute Gasteiger partial charge is 0.351 e. The molecule has 0 aromatic carbocycles. The molecule has 2 saturated heterocycles. The van der Waals surface area contributed by atoms with Gasteiger partial charge in [0.15, 0.2) is 0 Å². The van der Waals surface area contributed by atoms with Crippen molar-refractivity contribution < 1.29 is 0 Å². The lowest BCUT2D eigenvalue weighted by Crippen LogP contribution is -2.45.